The highest BCUT2D eigenvalue weighted by molar-refractivity contribution is 5.90. The lowest BCUT2D eigenvalue weighted by molar-refractivity contribution is -0.141. The van der Waals surface area contributed by atoms with E-state index in [-0.39, 0.29) is 12.6 Å². The fraction of sp³-hybridized carbons (Fsp3) is 0.300. The molecule has 0 aliphatic carbocycles. The topological polar surface area (TPSA) is 78.9 Å². The second-order valence-corrected chi connectivity index (χ2v) is 6.39. The van der Waals surface area contributed by atoms with Gasteiger partial charge in [-0.2, -0.15) is 0 Å². The number of carbonyl (C=O) groups excluding carboxylic acids is 1. The van der Waals surface area contributed by atoms with Crippen molar-refractivity contribution in [1.82, 2.24) is 4.90 Å². The Kier molecular flexibility index (Phi) is 5.41. The third-order valence-corrected chi connectivity index (χ3v) is 4.59. The van der Waals surface area contributed by atoms with Gasteiger partial charge in [-0.3, -0.25) is 4.79 Å². The first-order chi connectivity index (χ1) is 12.6. The highest BCUT2D eigenvalue weighted by atomic mass is 16.5. The lowest BCUT2D eigenvalue weighted by atomic mass is 10.0. The van der Waals surface area contributed by atoms with Crippen molar-refractivity contribution in [3.63, 3.8) is 0 Å². The van der Waals surface area contributed by atoms with Gasteiger partial charge >= 0.3 is 12.0 Å². The fourth-order valence-electron chi connectivity index (χ4n) is 3.16. The van der Waals surface area contributed by atoms with Crippen LogP contribution in [0.5, 0.6) is 5.75 Å². The average Bonchev–Trinajstić information content (AvgIpc) is 3.13. The molecular weight excluding hydrogens is 332 g/mol. The number of aliphatic carboxylic acids is 1. The molecule has 1 aliphatic rings. The zero-order chi connectivity index (χ0) is 18.5. The van der Waals surface area contributed by atoms with E-state index in [0.29, 0.717) is 25.1 Å². The number of amides is 2. The molecule has 2 aromatic carbocycles. The lowest BCUT2D eigenvalue weighted by Gasteiger charge is -2.18. The number of nitrogens with one attached hydrogen (secondary N) is 1. The minimum absolute atomic E-state index is 0.244. The molecule has 0 spiro atoms. The monoisotopic (exact) mass is 354 g/mol. The third kappa shape index (κ3) is 4.14. The molecule has 1 aliphatic heterocycles. The molecule has 0 saturated carbocycles. The first-order valence-corrected chi connectivity index (χ1v) is 8.56. The maximum absolute atomic E-state index is 12.4. The number of nitrogens with zero attached hydrogens (tertiary/aromatic N) is 1. The highest BCUT2D eigenvalue weighted by Gasteiger charge is 2.30. The van der Waals surface area contributed by atoms with Crippen molar-refractivity contribution < 1.29 is 19.4 Å². The summed E-state index contributed by atoms with van der Waals surface area (Å²) >= 11 is 0. The van der Waals surface area contributed by atoms with Gasteiger partial charge < -0.3 is 20.1 Å². The smallest absolute Gasteiger partial charge is 0.321 e. The number of carboxylic acids is 1. The molecule has 1 saturated heterocycles. The molecule has 0 radical (unpaired) electrons. The molecule has 2 N–H and O–H groups in total. The summed E-state index contributed by atoms with van der Waals surface area (Å²) in [5.41, 5.74) is 2.79. The van der Waals surface area contributed by atoms with Crippen LogP contribution in [0, 0.1) is 5.92 Å². The number of methoxy groups -OCH3 is 1. The summed E-state index contributed by atoms with van der Waals surface area (Å²) in [5.74, 6) is -0.570. The van der Waals surface area contributed by atoms with E-state index in [9.17, 15) is 9.59 Å². The van der Waals surface area contributed by atoms with Crippen LogP contribution in [0.3, 0.4) is 0 Å². The third-order valence-electron chi connectivity index (χ3n) is 4.59. The Morgan fingerprint density at radius 1 is 1.23 bits per heavy atom. The van der Waals surface area contributed by atoms with E-state index in [0.717, 1.165) is 16.9 Å². The van der Waals surface area contributed by atoms with Gasteiger partial charge in [0.1, 0.15) is 5.75 Å². The van der Waals surface area contributed by atoms with Gasteiger partial charge in [0.25, 0.3) is 0 Å². The van der Waals surface area contributed by atoms with Crippen molar-refractivity contribution in [3.8, 4) is 5.75 Å². The minimum Gasteiger partial charge on any atom is -0.496 e. The number of rotatable bonds is 5. The maximum atomic E-state index is 12.4. The largest absolute Gasteiger partial charge is 0.496 e. The summed E-state index contributed by atoms with van der Waals surface area (Å²) in [4.78, 5) is 25.0. The second-order valence-electron chi connectivity index (χ2n) is 6.39. The molecule has 6 heteroatoms. The zero-order valence-corrected chi connectivity index (χ0v) is 14.6. The Bertz CT molecular complexity index is 792. The number of carbonyl (C=O) groups is 2. The van der Waals surface area contributed by atoms with Gasteiger partial charge in [-0.25, -0.2) is 4.79 Å². The van der Waals surface area contributed by atoms with Gasteiger partial charge in [-0.05, 0) is 30.2 Å². The Morgan fingerprint density at radius 3 is 2.65 bits per heavy atom. The van der Waals surface area contributed by atoms with Gasteiger partial charge in [0.05, 0.1) is 13.0 Å². The molecular formula is C20H22N2O4. The number of benzene rings is 2. The molecule has 0 aromatic heterocycles. The number of carboxylic acid groups (broad SMARTS) is 1. The quantitative estimate of drug-likeness (QED) is 0.864. The van der Waals surface area contributed by atoms with Gasteiger partial charge in [0.15, 0.2) is 0 Å². The molecule has 2 aromatic rings. The van der Waals surface area contributed by atoms with Crippen LogP contribution in [0.25, 0.3) is 0 Å². The molecule has 1 heterocycles. The summed E-state index contributed by atoms with van der Waals surface area (Å²) in [6, 6.07) is 15.3. The minimum atomic E-state index is -0.852. The Morgan fingerprint density at radius 2 is 2.00 bits per heavy atom. The Hall–Kier alpha value is -3.02. The van der Waals surface area contributed by atoms with E-state index >= 15 is 0 Å². The van der Waals surface area contributed by atoms with Crippen LogP contribution < -0.4 is 10.1 Å². The number of urea groups is 1. The van der Waals surface area contributed by atoms with Crippen molar-refractivity contribution in [3.05, 3.63) is 59.7 Å². The van der Waals surface area contributed by atoms with Crippen molar-refractivity contribution in [2.24, 2.45) is 5.92 Å². The molecule has 3 rings (SSSR count). The van der Waals surface area contributed by atoms with E-state index in [1.54, 1.807) is 18.1 Å². The normalized spacial score (nSPS) is 16.3. The summed E-state index contributed by atoms with van der Waals surface area (Å²) < 4.78 is 5.43. The SMILES string of the molecule is COc1ccc(NC(=O)N2CCC(C(=O)O)C2)cc1Cc1ccccc1. The van der Waals surface area contributed by atoms with Crippen molar-refractivity contribution >= 4 is 17.7 Å². The van der Waals surface area contributed by atoms with Crippen LogP contribution in [0.2, 0.25) is 0 Å². The number of ether oxygens (including phenoxy) is 1. The van der Waals surface area contributed by atoms with Crippen LogP contribution in [0.1, 0.15) is 17.5 Å². The first kappa shape index (κ1) is 17.8. The maximum Gasteiger partial charge on any atom is 0.321 e. The van der Waals surface area contributed by atoms with Crippen molar-refractivity contribution in [2.45, 2.75) is 12.8 Å². The number of likely N-dealkylation sites (tertiary alicyclic amines) is 1. The number of hydrogen-bond acceptors (Lipinski definition) is 3. The van der Waals surface area contributed by atoms with Crippen LogP contribution in [-0.2, 0) is 11.2 Å². The van der Waals surface area contributed by atoms with E-state index in [1.165, 1.54) is 0 Å². The summed E-state index contributed by atoms with van der Waals surface area (Å²) in [5, 5.41) is 11.9. The lowest BCUT2D eigenvalue weighted by Crippen LogP contribution is -2.33. The fourth-order valence-corrected chi connectivity index (χ4v) is 3.16. The van der Waals surface area contributed by atoms with Crippen LogP contribution in [0.15, 0.2) is 48.5 Å². The molecule has 1 fully saturated rings. The van der Waals surface area contributed by atoms with E-state index in [4.69, 9.17) is 9.84 Å². The van der Waals surface area contributed by atoms with Gasteiger partial charge in [0, 0.05) is 30.8 Å². The van der Waals surface area contributed by atoms with E-state index in [1.807, 2.05) is 42.5 Å². The summed E-state index contributed by atoms with van der Waals surface area (Å²) in [7, 11) is 1.62. The predicted molar refractivity (Wildman–Crippen MR) is 98.6 cm³/mol. The highest BCUT2D eigenvalue weighted by Crippen LogP contribution is 2.26. The Balaban J connectivity index is 1.71. The molecule has 1 unspecified atom stereocenters. The van der Waals surface area contributed by atoms with Crippen LogP contribution in [0.4, 0.5) is 10.5 Å². The van der Waals surface area contributed by atoms with Crippen molar-refractivity contribution in [1.29, 1.82) is 0 Å². The molecule has 6 nitrogen and oxygen atoms in total. The summed E-state index contributed by atoms with van der Waals surface area (Å²) in [6.07, 6.45) is 1.18. The molecule has 0 bridgehead atoms. The standard InChI is InChI=1S/C20H22N2O4/c1-26-18-8-7-17(12-16(18)11-14-5-3-2-4-6-14)21-20(25)22-10-9-15(13-22)19(23)24/h2-8,12,15H,9-11,13H2,1H3,(H,21,25)(H,23,24). The molecule has 136 valence electrons. The van der Waals surface area contributed by atoms with Gasteiger partial charge in [-0.15, -0.1) is 0 Å². The molecule has 26 heavy (non-hydrogen) atoms. The average molecular weight is 354 g/mol. The van der Waals surface area contributed by atoms with Crippen molar-refractivity contribution in [2.75, 3.05) is 25.5 Å². The second kappa shape index (κ2) is 7.91. The van der Waals surface area contributed by atoms with E-state index < -0.39 is 11.9 Å². The predicted octanol–water partition coefficient (Wildman–Crippen LogP) is 3.22. The van der Waals surface area contributed by atoms with Gasteiger partial charge in [-0.1, -0.05) is 30.3 Å². The Labute approximate surface area is 152 Å². The van der Waals surface area contributed by atoms with E-state index in [2.05, 4.69) is 5.32 Å². The number of anilines is 1. The summed E-state index contributed by atoms with van der Waals surface area (Å²) in [6.45, 7) is 0.698. The van der Waals surface area contributed by atoms with Crippen LogP contribution >= 0.6 is 0 Å². The zero-order valence-electron chi connectivity index (χ0n) is 14.6. The molecule has 2 amide bonds. The number of hydrogen-bond donors (Lipinski definition) is 2. The molecule has 1 atom stereocenters. The first-order valence-electron chi connectivity index (χ1n) is 8.56. The van der Waals surface area contributed by atoms with Gasteiger partial charge in [0.2, 0.25) is 0 Å². The van der Waals surface area contributed by atoms with Crippen LogP contribution in [-0.4, -0.2) is 42.2 Å².